The fourth-order valence-electron chi connectivity index (χ4n) is 2.62. The molecular weight excluding hydrogens is 256 g/mol. The van der Waals surface area contributed by atoms with Crippen molar-refractivity contribution in [2.24, 2.45) is 0 Å². The summed E-state index contributed by atoms with van der Waals surface area (Å²) in [6.07, 6.45) is 5.28. The summed E-state index contributed by atoms with van der Waals surface area (Å²) in [7, 11) is 2.15. The van der Waals surface area contributed by atoms with Crippen LogP contribution in [0.25, 0.3) is 0 Å². The molecule has 1 aromatic carbocycles. The van der Waals surface area contributed by atoms with E-state index < -0.39 is 0 Å². The molecule has 3 nitrogen and oxygen atoms in total. The fourth-order valence-corrected chi connectivity index (χ4v) is 2.85. The summed E-state index contributed by atoms with van der Waals surface area (Å²) >= 11 is 4.24. The number of hydrogen-bond acceptors (Lipinski definition) is 3. The molecule has 0 radical (unpaired) electrons. The smallest absolute Gasteiger partial charge is 0.251 e. The Labute approximate surface area is 120 Å². The lowest BCUT2D eigenvalue weighted by atomic mass is 10.2. The molecule has 0 saturated heterocycles. The molecule has 1 N–H and O–H groups in total. The molecule has 0 spiro atoms. The van der Waals surface area contributed by atoms with Crippen molar-refractivity contribution in [1.82, 2.24) is 10.2 Å². The Morgan fingerprint density at radius 3 is 2.84 bits per heavy atom. The third-order valence-corrected chi connectivity index (χ3v) is 4.08. The molecule has 1 aliphatic carbocycles. The molecule has 0 atom stereocenters. The maximum Gasteiger partial charge on any atom is 0.251 e. The summed E-state index contributed by atoms with van der Waals surface area (Å²) in [5.41, 5.74) is 0.677. The molecule has 19 heavy (non-hydrogen) atoms. The highest BCUT2D eigenvalue weighted by Gasteiger charge is 2.19. The van der Waals surface area contributed by atoms with E-state index in [2.05, 4.69) is 29.9 Å². The third-order valence-electron chi connectivity index (χ3n) is 3.81. The molecule has 1 saturated carbocycles. The van der Waals surface area contributed by atoms with E-state index in [4.69, 9.17) is 0 Å². The van der Waals surface area contributed by atoms with E-state index >= 15 is 0 Å². The number of likely N-dealkylation sites (N-methyl/N-ethyl adjacent to an activating group) is 1. The Bertz CT molecular complexity index is 430. The minimum atomic E-state index is -0.0179. The van der Waals surface area contributed by atoms with Gasteiger partial charge in [-0.3, -0.25) is 4.79 Å². The summed E-state index contributed by atoms with van der Waals surface area (Å²) in [5.74, 6) is -0.0179. The Morgan fingerprint density at radius 1 is 1.42 bits per heavy atom. The van der Waals surface area contributed by atoms with E-state index in [-0.39, 0.29) is 5.91 Å². The zero-order chi connectivity index (χ0) is 13.7. The Hall–Kier alpha value is -1.00. The van der Waals surface area contributed by atoms with Gasteiger partial charge in [-0.1, -0.05) is 18.9 Å². The second-order valence-electron chi connectivity index (χ2n) is 5.23. The summed E-state index contributed by atoms with van der Waals surface area (Å²) in [5, 5.41) is 2.97. The lowest BCUT2D eigenvalue weighted by Gasteiger charge is -2.23. The van der Waals surface area contributed by atoms with Crippen LogP contribution in [0.4, 0.5) is 0 Å². The van der Waals surface area contributed by atoms with Gasteiger partial charge in [-0.15, -0.1) is 12.6 Å². The highest BCUT2D eigenvalue weighted by Crippen LogP contribution is 2.21. The highest BCUT2D eigenvalue weighted by atomic mass is 32.1. The molecule has 2 rings (SSSR count). The van der Waals surface area contributed by atoms with E-state index in [9.17, 15) is 4.79 Å². The number of thiol groups is 1. The van der Waals surface area contributed by atoms with Crippen LogP contribution in [0.1, 0.15) is 36.0 Å². The predicted octanol–water partition coefficient (Wildman–Crippen LogP) is 2.58. The van der Waals surface area contributed by atoms with E-state index in [1.165, 1.54) is 25.7 Å². The quantitative estimate of drug-likeness (QED) is 0.811. The first-order valence-corrected chi connectivity index (χ1v) is 7.39. The molecule has 1 fully saturated rings. The standard InChI is InChI=1S/C15H22N2OS/c1-17(13-6-2-3-7-13)10-9-16-15(18)12-5-4-8-14(19)11-12/h4-5,8,11,13,19H,2-3,6-7,9-10H2,1H3,(H,16,18). The number of rotatable bonds is 5. The molecule has 4 heteroatoms. The number of nitrogens with zero attached hydrogens (tertiary/aromatic N) is 1. The molecule has 104 valence electrons. The van der Waals surface area contributed by atoms with Crippen molar-refractivity contribution in [3.8, 4) is 0 Å². The van der Waals surface area contributed by atoms with E-state index in [0.717, 1.165) is 11.4 Å². The molecule has 1 aliphatic rings. The predicted molar refractivity (Wildman–Crippen MR) is 80.9 cm³/mol. The van der Waals surface area contributed by atoms with Crippen molar-refractivity contribution in [2.75, 3.05) is 20.1 Å². The summed E-state index contributed by atoms with van der Waals surface area (Å²) in [6, 6.07) is 8.03. The third kappa shape index (κ3) is 4.25. The molecule has 0 heterocycles. The lowest BCUT2D eigenvalue weighted by Crippen LogP contribution is -2.37. The Balaban J connectivity index is 1.74. The SMILES string of the molecule is CN(CCNC(=O)c1cccc(S)c1)C1CCCC1. The maximum atomic E-state index is 11.9. The molecule has 0 aromatic heterocycles. The van der Waals surface area contributed by atoms with Gasteiger partial charge in [0.05, 0.1) is 0 Å². The van der Waals surface area contributed by atoms with Gasteiger partial charge in [-0.05, 0) is 38.1 Å². The van der Waals surface area contributed by atoms with Crippen LogP contribution in [-0.2, 0) is 0 Å². The number of amides is 1. The zero-order valence-corrected chi connectivity index (χ0v) is 12.3. The molecular formula is C15H22N2OS. The first-order valence-electron chi connectivity index (χ1n) is 6.94. The monoisotopic (exact) mass is 278 g/mol. The van der Waals surface area contributed by atoms with Crippen LogP contribution in [0.3, 0.4) is 0 Å². The van der Waals surface area contributed by atoms with Gasteiger partial charge >= 0.3 is 0 Å². The van der Waals surface area contributed by atoms with Gasteiger partial charge in [0.25, 0.3) is 5.91 Å². The fraction of sp³-hybridized carbons (Fsp3) is 0.533. The first-order chi connectivity index (χ1) is 9.16. The minimum absolute atomic E-state index is 0.0179. The van der Waals surface area contributed by atoms with Crippen LogP contribution in [-0.4, -0.2) is 37.0 Å². The lowest BCUT2D eigenvalue weighted by molar-refractivity contribution is 0.0947. The van der Waals surface area contributed by atoms with Crippen LogP contribution < -0.4 is 5.32 Å². The van der Waals surface area contributed by atoms with Gasteiger partial charge in [-0.2, -0.15) is 0 Å². The average Bonchev–Trinajstić information content (AvgIpc) is 2.92. The van der Waals surface area contributed by atoms with Gasteiger partial charge in [0.1, 0.15) is 0 Å². The average molecular weight is 278 g/mol. The van der Waals surface area contributed by atoms with Crippen molar-refractivity contribution in [2.45, 2.75) is 36.6 Å². The number of carbonyl (C=O) groups is 1. The summed E-state index contributed by atoms with van der Waals surface area (Å²) < 4.78 is 0. The van der Waals surface area contributed by atoms with Crippen molar-refractivity contribution in [3.63, 3.8) is 0 Å². The van der Waals surface area contributed by atoms with Gasteiger partial charge in [0.15, 0.2) is 0 Å². The zero-order valence-electron chi connectivity index (χ0n) is 11.4. The number of benzene rings is 1. The van der Waals surface area contributed by atoms with E-state index in [1.807, 2.05) is 18.2 Å². The second kappa shape index (κ2) is 6.96. The van der Waals surface area contributed by atoms with Crippen molar-refractivity contribution >= 4 is 18.5 Å². The van der Waals surface area contributed by atoms with Crippen LogP contribution in [0.2, 0.25) is 0 Å². The molecule has 0 bridgehead atoms. The topological polar surface area (TPSA) is 32.3 Å². The molecule has 0 aliphatic heterocycles. The second-order valence-corrected chi connectivity index (χ2v) is 5.74. The first kappa shape index (κ1) is 14.4. The number of nitrogens with one attached hydrogen (secondary N) is 1. The molecule has 0 unspecified atom stereocenters. The van der Waals surface area contributed by atoms with Crippen molar-refractivity contribution in [3.05, 3.63) is 29.8 Å². The van der Waals surface area contributed by atoms with Crippen LogP contribution in [0.15, 0.2) is 29.2 Å². The minimum Gasteiger partial charge on any atom is -0.351 e. The van der Waals surface area contributed by atoms with Crippen LogP contribution >= 0.6 is 12.6 Å². The van der Waals surface area contributed by atoms with Gasteiger partial charge in [0, 0.05) is 29.6 Å². The maximum absolute atomic E-state index is 11.9. The largest absolute Gasteiger partial charge is 0.351 e. The van der Waals surface area contributed by atoms with E-state index in [1.54, 1.807) is 6.07 Å². The molecule has 1 aromatic rings. The highest BCUT2D eigenvalue weighted by molar-refractivity contribution is 7.80. The van der Waals surface area contributed by atoms with Gasteiger partial charge in [-0.25, -0.2) is 0 Å². The van der Waals surface area contributed by atoms with E-state index in [0.29, 0.717) is 18.2 Å². The van der Waals surface area contributed by atoms with Crippen molar-refractivity contribution in [1.29, 1.82) is 0 Å². The Kier molecular flexibility index (Phi) is 5.28. The number of carbonyl (C=O) groups excluding carboxylic acids is 1. The van der Waals surface area contributed by atoms with Crippen LogP contribution in [0, 0.1) is 0 Å². The van der Waals surface area contributed by atoms with Gasteiger partial charge < -0.3 is 10.2 Å². The van der Waals surface area contributed by atoms with Crippen molar-refractivity contribution < 1.29 is 4.79 Å². The van der Waals surface area contributed by atoms with Crippen LogP contribution in [0.5, 0.6) is 0 Å². The number of hydrogen-bond donors (Lipinski definition) is 2. The normalized spacial score (nSPS) is 15.9. The Morgan fingerprint density at radius 2 is 2.16 bits per heavy atom. The van der Waals surface area contributed by atoms with Gasteiger partial charge in [0.2, 0.25) is 0 Å². The molecule has 1 amide bonds. The summed E-state index contributed by atoms with van der Waals surface area (Å²) in [6.45, 7) is 1.61. The summed E-state index contributed by atoms with van der Waals surface area (Å²) in [4.78, 5) is 15.1.